The van der Waals surface area contributed by atoms with Crippen LogP contribution in [0.15, 0.2) is 18.2 Å². The van der Waals surface area contributed by atoms with Crippen molar-refractivity contribution < 1.29 is 23.7 Å². The summed E-state index contributed by atoms with van der Waals surface area (Å²) in [4.78, 5) is 0. The molecule has 1 saturated heterocycles. The van der Waals surface area contributed by atoms with Gasteiger partial charge in [-0.2, -0.15) is 0 Å². The standard InChI is InChI=1S/C17H26O5/c1-18-7-8-20-12-14-9-15(11-16(10-14)19-2)13-22-17-5-3-4-6-21-17/h9-11,17H,3-8,12-13H2,1-2H3. The predicted octanol–water partition coefficient (Wildman–Crippen LogP) is 2.90. The van der Waals surface area contributed by atoms with Crippen molar-refractivity contribution in [3.8, 4) is 5.75 Å². The van der Waals surface area contributed by atoms with Crippen LogP contribution in [0.2, 0.25) is 0 Å². The van der Waals surface area contributed by atoms with Crippen LogP contribution in [0, 0.1) is 0 Å². The predicted molar refractivity (Wildman–Crippen MR) is 82.9 cm³/mol. The largest absolute Gasteiger partial charge is 0.497 e. The van der Waals surface area contributed by atoms with Crippen LogP contribution in [0.5, 0.6) is 5.75 Å². The molecule has 124 valence electrons. The van der Waals surface area contributed by atoms with Gasteiger partial charge in [-0.25, -0.2) is 0 Å². The maximum absolute atomic E-state index is 5.83. The first kappa shape index (κ1) is 17.2. The van der Waals surface area contributed by atoms with Gasteiger partial charge < -0.3 is 23.7 Å². The molecule has 5 heteroatoms. The summed E-state index contributed by atoms with van der Waals surface area (Å²) in [5.74, 6) is 0.816. The van der Waals surface area contributed by atoms with Crippen molar-refractivity contribution >= 4 is 0 Å². The number of hydrogen-bond acceptors (Lipinski definition) is 5. The first-order chi connectivity index (χ1) is 10.8. The van der Waals surface area contributed by atoms with Crippen LogP contribution in [0.25, 0.3) is 0 Å². The summed E-state index contributed by atoms with van der Waals surface area (Å²) < 4.78 is 27.3. The number of methoxy groups -OCH3 is 2. The molecule has 1 aliphatic heterocycles. The van der Waals surface area contributed by atoms with Gasteiger partial charge in [0.25, 0.3) is 0 Å². The second-order valence-corrected chi connectivity index (χ2v) is 5.34. The van der Waals surface area contributed by atoms with Crippen molar-refractivity contribution in [1.82, 2.24) is 0 Å². The Kier molecular flexibility index (Phi) is 7.66. The Labute approximate surface area is 132 Å². The van der Waals surface area contributed by atoms with Crippen LogP contribution in [-0.4, -0.2) is 40.3 Å². The molecule has 1 heterocycles. The molecule has 22 heavy (non-hydrogen) atoms. The molecule has 0 aromatic heterocycles. The summed E-state index contributed by atoms with van der Waals surface area (Å²) in [6.07, 6.45) is 3.18. The fraction of sp³-hybridized carbons (Fsp3) is 0.647. The molecule has 0 saturated carbocycles. The van der Waals surface area contributed by atoms with E-state index < -0.39 is 0 Å². The van der Waals surface area contributed by atoms with Gasteiger partial charge in [0.15, 0.2) is 6.29 Å². The Morgan fingerprint density at radius 3 is 2.55 bits per heavy atom. The number of benzene rings is 1. The molecule has 0 amide bonds. The van der Waals surface area contributed by atoms with Crippen molar-refractivity contribution in [2.75, 3.05) is 34.0 Å². The molecule has 0 N–H and O–H groups in total. The summed E-state index contributed by atoms with van der Waals surface area (Å²) in [6.45, 7) is 3.02. The van der Waals surface area contributed by atoms with E-state index >= 15 is 0 Å². The highest BCUT2D eigenvalue weighted by Gasteiger charge is 2.14. The normalized spacial score (nSPS) is 18.4. The van der Waals surface area contributed by atoms with Gasteiger partial charge in [-0.15, -0.1) is 0 Å². The van der Waals surface area contributed by atoms with E-state index in [1.807, 2.05) is 12.1 Å². The third-order valence-corrected chi connectivity index (χ3v) is 3.54. The summed E-state index contributed by atoms with van der Waals surface area (Å²) >= 11 is 0. The van der Waals surface area contributed by atoms with E-state index in [2.05, 4.69) is 6.07 Å². The molecule has 1 atom stereocenters. The number of rotatable bonds is 9. The highest BCUT2D eigenvalue weighted by molar-refractivity contribution is 5.34. The Morgan fingerprint density at radius 1 is 1.05 bits per heavy atom. The topological polar surface area (TPSA) is 46.2 Å². The van der Waals surface area contributed by atoms with E-state index in [0.717, 1.165) is 36.3 Å². The fourth-order valence-electron chi connectivity index (χ4n) is 2.38. The fourth-order valence-corrected chi connectivity index (χ4v) is 2.38. The molecule has 5 nitrogen and oxygen atoms in total. The lowest BCUT2D eigenvalue weighted by Crippen LogP contribution is -2.22. The molecule has 1 aromatic carbocycles. The van der Waals surface area contributed by atoms with Gasteiger partial charge in [0, 0.05) is 13.7 Å². The zero-order valence-electron chi connectivity index (χ0n) is 13.5. The first-order valence-corrected chi connectivity index (χ1v) is 7.78. The molecule has 2 rings (SSSR count). The van der Waals surface area contributed by atoms with Crippen molar-refractivity contribution in [3.05, 3.63) is 29.3 Å². The highest BCUT2D eigenvalue weighted by atomic mass is 16.7. The molecule has 0 aliphatic carbocycles. The Morgan fingerprint density at radius 2 is 1.86 bits per heavy atom. The first-order valence-electron chi connectivity index (χ1n) is 7.78. The van der Waals surface area contributed by atoms with Gasteiger partial charge in [-0.1, -0.05) is 6.07 Å². The molecule has 1 aromatic rings. The lowest BCUT2D eigenvalue weighted by atomic mass is 10.1. The summed E-state index contributed by atoms with van der Waals surface area (Å²) in [7, 11) is 3.33. The van der Waals surface area contributed by atoms with Gasteiger partial charge in [-0.05, 0) is 42.5 Å². The Bertz CT molecular complexity index is 429. The SMILES string of the molecule is COCCOCc1cc(COC2CCCCO2)cc(OC)c1. The Hall–Kier alpha value is -1.14. The second kappa shape index (κ2) is 9.79. The monoisotopic (exact) mass is 310 g/mol. The smallest absolute Gasteiger partial charge is 0.158 e. The van der Waals surface area contributed by atoms with Crippen molar-refractivity contribution in [2.45, 2.75) is 38.8 Å². The number of ether oxygens (including phenoxy) is 5. The van der Waals surface area contributed by atoms with E-state index in [4.69, 9.17) is 23.7 Å². The molecule has 0 spiro atoms. The summed E-state index contributed by atoms with van der Waals surface area (Å²) in [6, 6.07) is 6.05. The molecule has 1 unspecified atom stereocenters. The van der Waals surface area contributed by atoms with E-state index in [0.29, 0.717) is 26.4 Å². The van der Waals surface area contributed by atoms with Gasteiger partial charge >= 0.3 is 0 Å². The Balaban J connectivity index is 1.88. The van der Waals surface area contributed by atoms with E-state index in [9.17, 15) is 0 Å². The van der Waals surface area contributed by atoms with Gasteiger partial charge in [0.2, 0.25) is 0 Å². The molecular formula is C17H26O5. The van der Waals surface area contributed by atoms with Gasteiger partial charge in [0.1, 0.15) is 5.75 Å². The van der Waals surface area contributed by atoms with E-state index in [-0.39, 0.29) is 6.29 Å². The third-order valence-electron chi connectivity index (χ3n) is 3.54. The third kappa shape index (κ3) is 5.93. The molecular weight excluding hydrogens is 284 g/mol. The van der Waals surface area contributed by atoms with Crippen LogP contribution in [0.1, 0.15) is 30.4 Å². The van der Waals surface area contributed by atoms with Crippen LogP contribution >= 0.6 is 0 Å². The van der Waals surface area contributed by atoms with E-state index in [1.54, 1.807) is 14.2 Å². The maximum Gasteiger partial charge on any atom is 0.158 e. The van der Waals surface area contributed by atoms with Crippen molar-refractivity contribution in [2.24, 2.45) is 0 Å². The van der Waals surface area contributed by atoms with Crippen LogP contribution < -0.4 is 4.74 Å². The average molecular weight is 310 g/mol. The van der Waals surface area contributed by atoms with Crippen molar-refractivity contribution in [1.29, 1.82) is 0 Å². The van der Waals surface area contributed by atoms with Crippen LogP contribution in [0.3, 0.4) is 0 Å². The molecule has 0 bridgehead atoms. The van der Waals surface area contributed by atoms with Crippen LogP contribution in [0.4, 0.5) is 0 Å². The van der Waals surface area contributed by atoms with E-state index in [1.165, 1.54) is 6.42 Å². The minimum Gasteiger partial charge on any atom is -0.497 e. The summed E-state index contributed by atoms with van der Waals surface area (Å²) in [5.41, 5.74) is 2.14. The minimum atomic E-state index is -0.0821. The zero-order valence-corrected chi connectivity index (χ0v) is 13.5. The minimum absolute atomic E-state index is 0.0821. The summed E-state index contributed by atoms with van der Waals surface area (Å²) in [5, 5.41) is 0. The van der Waals surface area contributed by atoms with Gasteiger partial charge in [0.05, 0.1) is 33.5 Å². The molecule has 1 fully saturated rings. The quantitative estimate of drug-likeness (QED) is 0.656. The number of hydrogen-bond donors (Lipinski definition) is 0. The van der Waals surface area contributed by atoms with Crippen molar-refractivity contribution in [3.63, 3.8) is 0 Å². The van der Waals surface area contributed by atoms with Gasteiger partial charge in [-0.3, -0.25) is 0 Å². The lowest BCUT2D eigenvalue weighted by molar-refractivity contribution is -0.168. The van der Waals surface area contributed by atoms with Crippen LogP contribution in [-0.2, 0) is 32.2 Å². The zero-order chi connectivity index (χ0) is 15.6. The maximum atomic E-state index is 5.83. The average Bonchev–Trinajstić information content (AvgIpc) is 2.57. The lowest BCUT2D eigenvalue weighted by Gasteiger charge is -2.23. The highest BCUT2D eigenvalue weighted by Crippen LogP contribution is 2.21. The second-order valence-electron chi connectivity index (χ2n) is 5.34. The molecule has 0 radical (unpaired) electrons. The molecule has 1 aliphatic rings.